The normalized spacial score (nSPS) is 11.8. The smallest absolute Gasteiger partial charge is 0.305 e. The molecule has 0 aliphatic carbocycles. The second kappa shape index (κ2) is 3.93. The molecule has 84 valence electrons. The molecule has 0 aliphatic rings. The average molecular weight is 291 g/mol. The van der Waals surface area contributed by atoms with Crippen LogP contribution < -0.4 is 0 Å². The molecule has 16 heavy (non-hydrogen) atoms. The summed E-state index contributed by atoms with van der Waals surface area (Å²) in [5.41, 5.74) is -0.0263. The van der Waals surface area contributed by atoms with Gasteiger partial charge in [-0.2, -0.15) is 13.2 Å². The van der Waals surface area contributed by atoms with Gasteiger partial charge < -0.3 is 4.57 Å². The minimum atomic E-state index is -4.30. The van der Waals surface area contributed by atoms with Crippen LogP contribution in [0.5, 0.6) is 0 Å². The molecule has 1 aromatic carbocycles. The first kappa shape index (κ1) is 11.2. The third kappa shape index (κ3) is 2.27. The molecule has 6 heteroatoms. The summed E-state index contributed by atoms with van der Waals surface area (Å²) in [5.74, 6) is 0. The quantitative estimate of drug-likeness (QED) is 0.784. The Morgan fingerprint density at radius 1 is 1.12 bits per heavy atom. The number of benzene rings is 1. The van der Waals surface area contributed by atoms with Crippen molar-refractivity contribution in [2.24, 2.45) is 0 Å². The monoisotopic (exact) mass is 290 g/mol. The van der Waals surface area contributed by atoms with Gasteiger partial charge in [-0.15, -0.1) is 0 Å². The molecule has 0 fully saturated rings. The molecular formula is C10H6BrF3N2. The predicted octanol–water partition coefficient (Wildman–Crippen LogP) is 3.65. The Bertz CT molecular complexity index is 488. The maximum atomic E-state index is 12.3. The van der Waals surface area contributed by atoms with E-state index in [0.717, 1.165) is 12.1 Å². The van der Waals surface area contributed by atoms with Gasteiger partial charge in [0.2, 0.25) is 0 Å². The van der Waals surface area contributed by atoms with Crippen molar-refractivity contribution in [1.82, 2.24) is 9.55 Å². The van der Waals surface area contributed by atoms with Crippen molar-refractivity contribution in [1.29, 1.82) is 0 Å². The molecule has 0 bridgehead atoms. The first-order valence-electron chi connectivity index (χ1n) is 4.34. The van der Waals surface area contributed by atoms with E-state index in [-0.39, 0.29) is 0 Å². The summed E-state index contributed by atoms with van der Waals surface area (Å²) in [4.78, 5) is 3.92. The lowest BCUT2D eigenvalue weighted by molar-refractivity contribution is -0.137. The first-order valence-corrected chi connectivity index (χ1v) is 5.13. The summed E-state index contributed by atoms with van der Waals surface area (Å²) < 4.78 is 39.2. The third-order valence-electron chi connectivity index (χ3n) is 2.04. The van der Waals surface area contributed by atoms with E-state index in [9.17, 15) is 13.2 Å². The molecule has 1 heterocycles. The summed E-state index contributed by atoms with van der Waals surface area (Å²) in [7, 11) is 0. The van der Waals surface area contributed by atoms with Crippen LogP contribution in [-0.4, -0.2) is 9.55 Å². The largest absolute Gasteiger partial charge is 0.416 e. The van der Waals surface area contributed by atoms with Crippen molar-refractivity contribution in [2.75, 3.05) is 0 Å². The summed E-state index contributed by atoms with van der Waals surface area (Å²) in [6.07, 6.45) is -1.11. The van der Waals surface area contributed by atoms with E-state index in [1.165, 1.54) is 18.5 Å². The van der Waals surface area contributed by atoms with Gasteiger partial charge in [-0.05, 0) is 40.2 Å². The van der Waals surface area contributed by atoms with Crippen molar-refractivity contribution < 1.29 is 13.2 Å². The van der Waals surface area contributed by atoms with Gasteiger partial charge in [-0.25, -0.2) is 4.98 Å². The van der Waals surface area contributed by atoms with Crippen LogP contribution in [-0.2, 0) is 6.18 Å². The molecule has 0 saturated heterocycles. The minimum absolute atomic E-state index is 0.631. The van der Waals surface area contributed by atoms with Gasteiger partial charge in [0.1, 0.15) is 10.9 Å². The van der Waals surface area contributed by atoms with Crippen molar-refractivity contribution in [2.45, 2.75) is 6.18 Å². The van der Waals surface area contributed by atoms with Crippen molar-refractivity contribution >= 4 is 15.9 Å². The Morgan fingerprint density at radius 3 is 2.19 bits per heavy atom. The van der Waals surface area contributed by atoms with Crippen molar-refractivity contribution in [3.63, 3.8) is 0 Å². The predicted molar refractivity (Wildman–Crippen MR) is 56.3 cm³/mol. The molecule has 2 nitrogen and oxygen atoms in total. The second-order valence-corrected chi connectivity index (χ2v) is 3.96. The number of aromatic nitrogens is 2. The Balaban J connectivity index is 2.33. The zero-order valence-corrected chi connectivity index (χ0v) is 9.46. The van der Waals surface area contributed by atoms with Gasteiger partial charge in [0.15, 0.2) is 0 Å². The lowest BCUT2D eigenvalue weighted by Crippen LogP contribution is -2.04. The van der Waals surface area contributed by atoms with E-state index in [0.29, 0.717) is 10.3 Å². The average Bonchev–Trinajstić information content (AvgIpc) is 2.64. The van der Waals surface area contributed by atoms with Crippen molar-refractivity contribution in [3.05, 3.63) is 47.0 Å². The van der Waals surface area contributed by atoms with Gasteiger partial charge in [0.25, 0.3) is 0 Å². The van der Waals surface area contributed by atoms with Crippen LogP contribution in [0.3, 0.4) is 0 Å². The van der Waals surface area contributed by atoms with Crippen LogP contribution in [0.2, 0.25) is 0 Å². The van der Waals surface area contributed by atoms with Gasteiger partial charge in [-0.1, -0.05) is 0 Å². The molecule has 2 rings (SSSR count). The van der Waals surface area contributed by atoms with E-state index in [1.54, 1.807) is 10.8 Å². The standard InChI is InChI=1S/C10H6BrF3N2/c11-9-5-16(6-15-9)8-3-1-7(2-4-8)10(12,13)14/h1-6H. The number of nitrogens with zero attached hydrogens (tertiary/aromatic N) is 2. The Labute approximate surface area is 97.9 Å². The minimum Gasteiger partial charge on any atom is -0.305 e. The zero-order valence-electron chi connectivity index (χ0n) is 7.87. The molecule has 0 unspecified atom stereocenters. The number of rotatable bonds is 1. The van der Waals surface area contributed by atoms with Crippen LogP contribution in [0.1, 0.15) is 5.56 Å². The number of halogens is 4. The van der Waals surface area contributed by atoms with Crippen LogP contribution in [0.25, 0.3) is 5.69 Å². The third-order valence-corrected chi connectivity index (χ3v) is 2.45. The lowest BCUT2D eigenvalue weighted by atomic mass is 10.2. The summed E-state index contributed by atoms with van der Waals surface area (Å²) in [5, 5.41) is 0. The summed E-state index contributed by atoms with van der Waals surface area (Å²) in [6, 6.07) is 4.89. The highest BCUT2D eigenvalue weighted by Crippen LogP contribution is 2.29. The summed E-state index contributed by atoms with van der Waals surface area (Å²) >= 11 is 3.16. The van der Waals surface area contributed by atoms with Crippen LogP contribution in [0, 0.1) is 0 Å². The van der Waals surface area contributed by atoms with Crippen LogP contribution >= 0.6 is 15.9 Å². The fraction of sp³-hybridized carbons (Fsp3) is 0.100. The Hall–Kier alpha value is -1.30. The van der Waals surface area contributed by atoms with Gasteiger partial charge >= 0.3 is 6.18 Å². The molecule has 2 aromatic rings. The molecule has 1 aromatic heterocycles. The molecule has 0 aliphatic heterocycles. The van der Waals surface area contributed by atoms with E-state index in [1.807, 2.05) is 0 Å². The molecule has 0 N–H and O–H groups in total. The SMILES string of the molecule is FC(F)(F)c1ccc(-n2cnc(Br)c2)cc1. The highest BCUT2D eigenvalue weighted by molar-refractivity contribution is 9.10. The topological polar surface area (TPSA) is 17.8 Å². The highest BCUT2D eigenvalue weighted by atomic mass is 79.9. The Morgan fingerprint density at radius 2 is 1.75 bits per heavy atom. The number of alkyl halides is 3. The van der Waals surface area contributed by atoms with Gasteiger partial charge in [0, 0.05) is 11.9 Å². The molecule has 0 atom stereocenters. The molecular weight excluding hydrogens is 285 g/mol. The maximum Gasteiger partial charge on any atom is 0.416 e. The van der Waals surface area contributed by atoms with E-state index in [2.05, 4.69) is 20.9 Å². The Kier molecular flexibility index (Phi) is 2.75. The van der Waals surface area contributed by atoms with Crippen LogP contribution in [0.4, 0.5) is 13.2 Å². The lowest BCUT2D eigenvalue weighted by Gasteiger charge is -2.07. The number of hydrogen-bond donors (Lipinski definition) is 0. The van der Waals surface area contributed by atoms with Crippen molar-refractivity contribution in [3.8, 4) is 5.69 Å². The first-order chi connectivity index (χ1) is 7.47. The molecule has 0 amide bonds. The molecule has 0 spiro atoms. The molecule has 0 saturated carbocycles. The van der Waals surface area contributed by atoms with Gasteiger partial charge in [-0.3, -0.25) is 0 Å². The van der Waals surface area contributed by atoms with Gasteiger partial charge in [0.05, 0.1) is 5.56 Å². The molecule has 0 radical (unpaired) electrons. The second-order valence-electron chi connectivity index (χ2n) is 3.15. The highest BCUT2D eigenvalue weighted by Gasteiger charge is 2.29. The number of imidazole rings is 1. The van der Waals surface area contributed by atoms with E-state index < -0.39 is 11.7 Å². The number of hydrogen-bond acceptors (Lipinski definition) is 1. The van der Waals surface area contributed by atoms with E-state index >= 15 is 0 Å². The summed E-state index contributed by atoms with van der Waals surface area (Å²) in [6.45, 7) is 0. The van der Waals surface area contributed by atoms with Crippen LogP contribution in [0.15, 0.2) is 41.4 Å². The van der Waals surface area contributed by atoms with E-state index in [4.69, 9.17) is 0 Å². The fourth-order valence-electron chi connectivity index (χ4n) is 1.26. The fourth-order valence-corrected chi connectivity index (χ4v) is 1.57. The maximum absolute atomic E-state index is 12.3. The zero-order chi connectivity index (χ0) is 11.8.